The number of benzene rings is 2. The molecule has 2 heterocycles. The number of sulfonamides is 1. The first-order chi connectivity index (χ1) is 15.8. The minimum Gasteiger partial charge on any atom is -0.365 e. The molecule has 2 aliphatic heterocycles. The molecule has 1 amide bonds. The van der Waals surface area contributed by atoms with Gasteiger partial charge >= 0.3 is 0 Å². The quantitative estimate of drug-likeness (QED) is 0.675. The Balaban J connectivity index is 1.52. The summed E-state index contributed by atoms with van der Waals surface area (Å²) in [5.41, 5.74) is 1.93. The fourth-order valence-corrected chi connectivity index (χ4v) is 6.94. The van der Waals surface area contributed by atoms with Crippen LogP contribution in [0.25, 0.3) is 0 Å². The van der Waals surface area contributed by atoms with Crippen LogP contribution < -0.4 is 4.90 Å². The highest BCUT2D eigenvalue weighted by atomic mass is 32.2. The molecule has 2 aliphatic rings. The summed E-state index contributed by atoms with van der Waals surface area (Å²) in [6.45, 7) is 5.87. The average Bonchev–Trinajstić information content (AvgIpc) is 2.93. The first-order valence-corrected chi connectivity index (χ1v) is 13.1. The largest absolute Gasteiger partial charge is 0.365 e. The van der Waals surface area contributed by atoms with Gasteiger partial charge in [-0.1, -0.05) is 42.8 Å². The molecule has 2 saturated heterocycles. The molecule has 4 rings (SSSR count). The lowest BCUT2D eigenvalue weighted by molar-refractivity contribution is -0.129. The van der Waals surface area contributed by atoms with E-state index in [1.165, 1.54) is 10.4 Å². The van der Waals surface area contributed by atoms with E-state index in [1.807, 2.05) is 43.3 Å². The lowest BCUT2D eigenvalue weighted by Gasteiger charge is -2.41. The third kappa shape index (κ3) is 5.06. The fourth-order valence-electron chi connectivity index (χ4n) is 4.91. The van der Waals surface area contributed by atoms with Gasteiger partial charge in [-0.3, -0.25) is 4.79 Å². The Labute approximate surface area is 196 Å². The molecule has 0 aliphatic carbocycles. The normalized spacial score (nSPS) is 23.8. The van der Waals surface area contributed by atoms with Crippen LogP contribution in [0.5, 0.6) is 0 Å². The van der Waals surface area contributed by atoms with Crippen LogP contribution in [0.2, 0.25) is 0 Å². The second kappa shape index (κ2) is 9.81. The van der Waals surface area contributed by atoms with Crippen molar-refractivity contribution in [2.75, 3.05) is 31.1 Å². The van der Waals surface area contributed by atoms with Gasteiger partial charge in [-0.15, -0.1) is 0 Å². The minimum atomic E-state index is -3.60. The lowest BCUT2D eigenvalue weighted by atomic mass is 10.1. The zero-order valence-corrected chi connectivity index (χ0v) is 20.1. The number of piperazine rings is 1. The highest BCUT2D eigenvalue weighted by Gasteiger charge is 2.35. The van der Waals surface area contributed by atoms with E-state index in [2.05, 4.69) is 4.90 Å². The maximum absolute atomic E-state index is 15.2. The first kappa shape index (κ1) is 23.7. The molecule has 178 valence electrons. The second-order valence-corrected chi connectivity index (χ2v) is 11.2. The van der Waals surface area contributed by atoms with Crippen molar-refractivity contribution in [3.8, 4) is 0 Å². The van der Waals surface area contributed by atoms with E-state index in [4.69, 9.17) is 0 Å². The van der Waals surface area contributed by atoms with Gasteiger partial charge in [0.2, 0.25) is 15.9 Å². The number of nitrogens with zero attached hydrogens (tertiary/aromatic N) is 3. The van der Waals surface area contributed by atoms with Crippen LogP contribution in [0.1, 0.15) is 49.5 Å². The van der Waals surface area contributed by atoms with Crippen LogP contribution in [0.3, 0.4) is 0 Å². The van der Waals surface area contributed by atoms with Gasteiger partial charge in [-0.2, -0.15) is 4.31 Å². The van der Waals surface area contributed by atoms with Gasteiger partial charge in [0.25, 0.3) is 0 Å². The molecule has 33 heavy (non-hydrogen) atoms. The summed E-state index contributed by atoms with van der Waals surface area (Å²) in [5, 5.41) is -0.595. The minimum absolute atomic E-state index is 0.0332. The Bertz CT molecular complexity index is 1090. The third-order valence-electron chi connectivity index (χ3n) is 6.80. The Kier molecular flexibility index (Phi) is 7.05. The van der Waals surface area contributed by atoms with Crippen molar-refractivity contribution in [2.45, 2.75) is 50.9 Å². The van der Waals surface area contributed by atoms with Crippen LogP contribution in [-0.4, -0.2) is 55.8 Å². The summed E-state index contributed by atoms with van der Waals surface area (Å²) >= 11 is 0. The van der Waals surface area contributed by atoms with E-state index < -0.39 is 21.1 Å². The van der Waals surface area contributed by atoms with E-state index in [0.717, 1.165) is 24.1 Å². The van der Waals surface area contributed by atoms with E-state index in [9.17, 15) is 13.2 Å². The molecule has 2 fully saturated rings. The second-order valence-electron chi connectivity index (χ2n) is 9.06. The molecular weight excluding hydrogens is 441 g/mol. The first-order valence-electron chi connectivity index (χ1n) is 11.6. The number of carbonyl (C=O) groups excluding carboxylic acids is 1. The molecule has 0 N–H and O–H groups in total. The van der Waals surface area contributed by atoms with Crippen molar-refractivity contribution < 1.29 is 17.6 Å². The van der Waals surface area contributed by atoms with Gasteiger partial charge in [0.1, 0.15) is 11.1 Å². The zero-order valence-electron chi connectivity index (χ0n) is 19.3. The van der Waals surface area contributed by atoms with Crippen molar-refractivity contribution in [3.63, 3.8) is 0 Å². The number of carbonyl (C=O) groups is 1. The maximum Gasteiger partial charge on any atom is 0.221 e. The molecular formula is C25H32FN3O3S. The Morgan fingerprint density at radius 2 is 1.82 bits per heavy atom. The molecule has 0 spiro atoms. The van der Waals surface area contributed by atoms with Gasteiger partial charge < -0.3 is 9.80 Å². The predicted octanol–water partition coefficient (Wildman–Crippen LogP) is 3.94. The number of hydrogen-bond donors (Lipinski definition) is 0. The number of amides is 1. The Morgan fingerprint density at radius 3 is 2.48 bits per heavy atom. The maximum atomic E-state index is 15.2. The Hall–Kier alpha value is -2.45. The van der Waals surface area contributed by atoms with Crippen LogP contribution in [-0.2, 0) is 21.4 Å². The van der Waals surface area contributed by atoms with Gasteiger partial charge in [-0.25, -0.2) is 12.8 Å². The van der Waals surface area contributed by atoms with Gasteiger partial charge in [-0.05, 0) is 37.5 Å². The van der Waals surface area contributed by atoms with Gasteiger partial charge in [0.05, 0.1) is 0 Å². The molecule has 0 saturated carbocycles. The molecule has 2 aromatic carbocycles. The lowest BCUT2D eigenvalue weighted by Crippen LogP contribution is -2.53. The van der Waals surface area contributed by atoms with Crippen molar-refractivity contribution >= 4 is 21.6 Å². The molecule has 2 aromatic rings. The fraction of sp³-hybridized carbons (Fsp3) is 0.480. The number of anilines is 1. The van der Waals surface area contributed by atoms with Gasteiger partial charge in [0, 0.05) is 56.9 Å². The summed E-state index contributed by atoms with van der Waals surface area (Å²) in [4.78, 5) is 15.6. The van der Waals surface area contributed by atoms with Crippen LogP contribution in [0.4, 0.5) is 10.1 Å². The number of halogens is 1. The summed E-state index contributed by atoms with van der Waals surface area (Å²) in [6.07, 6.45) is 2.16. The summed E-state index contributed by atoms with van der Waals surface area (Å²) < 4.78 is 43.5. The number of rotatable bonds is 4. The number of hydrogen-bond acceptors (Lipinski definition) is 4. The Morgan fingerprint density at radius 1 is 1.06 bits per heavy atom. The highest BCUT2D eigenvalue weighted by Crippen LogP contribution is 2.35. The van der Waals surface area contributed by atoms with Crippen molar-refractivity contribution in [1.29, 1.82) is 0 Å². The smallest absolute Gasteiger partial charge is 0.221 e. The van der Waals surface area contributed by atoms with E-state index in [-0.39, 0.29) is 18.5 Å². The van der Waals surface area contributed by atoms with Crippen molar-refractivity contribution in [2.24, 2.45) is 0 Å². The molecule has 0 aromatic heterocycles. The predicted molar refractivity (Wildman–Crippen MR) is 128 cm³/mol. The summed E-state index contributed by atoms with van der Waals surface area (Å²) in [5.74, 6) is -0.347. The van der Waals surface area contributed by atoms with E-state index >= 15 is 4.39 Å². The monoisotopic (exact) mass is 473 g/mol. The van der Waals surface area contributed by atoms with Crippen LogP contribution >= 0.6 is 0 Å². The van der Waals surface area contributed by atoms with Crippen molar-refractivity contribution in [3.05, 3.63) is 65.5 Å². The highest BCUT2D eigenvalue weighted by molar-refractivity contribution is 7.89. The molecule has 1 unspecified atom stereocenters. The van der Waals surface area contributed by atoms with Gasteiger partial charge in [0.15, 0.2) is 0 Å². The molecule has 0 bridgehead atoms. The van der Waals surface area contributed by atoms with Crippen LogP contribution in [0.15, 0.2) is 48.5 Å². The van der Waals surface area contributed by atoms with E-state index in [0.29, 0.717) is 38.2 Å². The molecule has 8 heteroatoms. The summed E-state index contributed by atoms with van der Waals surface area (Å²) in [6, 6.07) is 14.4. The van der Waals surface area contributed by atoms with Crippen LogP contribution in [0, 0.1) is 5.82 Å². The van der Waals surface area contributed by atoms with E-state index in [1.54, 1.807) is 17.9 Å². The van der Waals surface area contributed by atoms with Crippen molar-refractivity contribution in [1.82, 2.24) is 9.21 Å². The molecule has 2 atom stereocenters. The topological polar surface area (TPSA) is 60.9 Å². The molecule has 6 nitrogen and oxygen atoms in total. The SMILES string of the molecule is CC(=O)N1CCN(c2ccc(CN3CCCCC(c4ccccc4)S3(=O)=O)c(F)c2)[C@@H](C)C1. The average molecular weight is 474 g/mol. The summed E-state index contributed by atoms with van der Waals surface area (Å²) in [7, 11) is -3.60. The molecule has 0 radical (unpaired) electrons. The third-order valence-corrected chi connectivity index (χ3v) is 9.06. The standard InChI is InChI=1S/C25H32FN3O3S/c1-19-17-27(20(2)30)14-15-29(19)23-12-11-22(24(26)16-23)18-28-13-7-6-10-25(33(28,31)32)21-8-4-3-5-9-21/h3-5,8-9,11-12,16,19,25H,6-7,10,13-15,17-18H2,1-2H3/t19-,25?/m0/s1. The zero-order chi connectivity index (χ0) is 23.6.